The van der Waals surface area contributed by atoms with Crippen LogP contribution in [0, 0.1) is 11.3 Å². The number of fused-ring (bicyclic) bond motifs is 1. The van der Waals surface area contributed by atoms with Crippen LogP contribution in [0.5, 0.6) is 11.5 Å². The van der Waals surface area contributed by atoms with Crippen molar-refractivity contribution in [1.82, 2.24) is 0 Å². The van der Waals surface area contributed by atoms with Gasteiger partial charge < -0.3 is 14.9 Å². The van der Waals surface area contributed by atoms with Crippen LogP contribution in [0.3, 0.4) is 0 Å². The molecule has 19 heavy (non-hydrogen) atoms. The van der Waals surface area contributed by atoms with Gasteiger partial charge in [0, 0.05) is 17.4 Å². The summed E-state index contributed by atoms with van der Waals surface area (Å²) in [7, 11) is 0. The first-order valence-corrected chi connectivity index (χ1v) is 7.06. The Morgan fingerprint density at radius 1 is 1.26 bits per heavy atom. The summed E-state index contributed by atoms with van der Waals surface area (Å²) in [5.74, 6) is 1.52. The Balaban J connectivity index is 2.05. The first kappa shape index (κ1) is 12.8. The zero-order chi connectivity index (χ0) is 13.8. The molecule has 1 fully saturated rings. The van der Waals surface area contributed by atoms with E-state index in [-0.39, 0.29) is 22.9 Å². The van der Waals surface area contributed by atoms with Crippen LogP contribution in [0.15, 0.2) is 18.2 Å². The molecular weight excluding hydrogens is 240 g/mol. The largest absolute Gasteiger partial charge is 0.508 e. The molecule has 1 spiro atoms. The van der Waals surface area contributed by atoms with E-state index >= 15 is 0 Å². The third-order valence-electron chi connectivity index (χ3n) is 5.38. The lowest BCUT2D eigenvalue weighted by Gasteiger charge is -2.53. The Morgan fingerprint density at radius 2 is 2.00 bits per heavy atom. The highest BCUT2D eigenvalue weighted by Gasteiger charge is 2.59. The molecule has 0 aromatic heterocycles. The number of phenolic OH excluding ortho intramolecular Hbond substituents is 1. The predicted octanol–water partition coefficient (Wildman–Crippen LogP) is 2.88. The van der Waals surface area contributed by atoms with Crippen molar-refractivity contribution in [1.29, 1.82) is 0 Å². The van der Waals surface area contributed by atoms with E-state index in [1.807, 2.05) is 6.07 Å². The molecule has 0 unspecified atom stereocenters. The van der Waals surface area contributed by atoms with Gasteiger partial charge in [-0.15, -0.1) is 0 Å². The number of phenols is 1. The van der Waals surface area contributed by atoms with Gasteiger partial charge in [0.05, 0.1) is 6.10 Å². The van der Waals surface area contributed by atoms with Crippen LogP contribution in [-0.4, -0.2) is 21.9 Å². The number of ether oxygens (including phenoxy) is 1. The van der Waals surface area contributed by atoms with Crippen molar-refractivity contribution >= 4 is 0 Å². The van der Waals surface area contributed by atoms with Gasteiger partial charge in [0.1, 0.15) is 17.1 Å². The van der Waals surface area contributed by atoms with E-state index < -0.39 is 0 Å². The molecule has 1 saturated carbocycles. The average molecular weight is 262 g/mol. The molecule has 0 amide bonds. The molecule has 0 saturated heterocycles. The molecule has 1 aliphatic heterocycles. The maximum absolute atomic E-state index is 10.4. The number of benzene rings is 1. The molecule has 2 N–H and O–H groups in total. The first-order chi connectivity index (χ1) is 8.87. The molecule has 1 aromatic carbocycles. The van der Waals surface area contributed by atoms with E-state index in [1.165, 1.54) is 0 Å². The summed E-state index contributed by atoms with van der Waals surface area (Å²) in [5, 5.41) is 20.0. The first-order valence-electron chi connectivity index (χ1n) is 7.06. The molecule has 1 aromatic rings. The molecule has 0 radical (unpaired) electrons. The highest BCUT2D eigenvalue weighted by Crippen LogP contribution is 2.55. The van der Waals surface area contributed by atoms with Gasteiger partial charge in [-0.1, -0.05) is 20.8 Å². The zero-order valence-electron chi connectivity index (χ0n) is 11.8. The standard InChI is InChI=1S/C16H22O3/c1-10-4-7-14(18)15(2,3)16(10)9-11-8-12(17)5-6-13(11)19-16/h5-6,8,10,14,17-18H,4,7,9H2,1-3H3/t10-,14+,16+/m0/s1. The zero-order valence-corrected chi connectivity index (χ0v) is 11.8. The normalized spacial score (nSPS) is 36.0. The molecule has 2 aliphatic rings. The lowest BCUT2D eigenvalue weighted by atomic mass is 9.58. The maximum Gasteiger partial charge on any atom is 0.123 e. The van der Waals surface area contributed by atoms with Crippen molar-refractivity contribution in [3.63, 3.8) is 0 Å². The van der Waals surface area contributed by atoms with E-state index in [9.17, 15) is 10.2 Å². The lowest BCUT2D eigenvalue weighted by molar-refractivity contribution is -0.156. The van der Waals surface area contributed by atoms with Crippen LogP contribution in [0.4, 0.5) is 0 Å². The van der Waals surface area contributed by atoms with Gasteiger partial charge >= 0.3 is 0 Å². The molecule has 1 aliphatic carbocycles. The minimum atomic E-state index is -0.360. The summed E-state index contributed by atoms with van der Waals surface area (Å²) in [6.45, 7) is 6.40. The summed E-state index contributed by atoms with van der Waals surface area (Å²) in [4.78, 5) is 0. The van der Waals surface area contributed by atoms with Gasteiger partial charge in [0.15, 0.2) is 0 Å². The summed E-state index contributed by atoms with van der Waals surface area (Å²) in [5.41, 5.74) is 0.397. The highest BCUT2D eigenvalue weighted by molar-refractivity contribution is 5.45. The second-order valence-corrected chi connectivity index (χ2v) is 6.68. The van der Waals surface area contributed by atoms with Crippen molar-refractivity contribution in [2.24, 2.45) is 11.3 Å². The minimum absolute atomic E-state index is 0.279. The average Bonchev–Trinajstić information content (AvgIpc) is 2.73. The van der Waals surface area contributed by atoms with Gasteiger partial charge in [0.25, 0.3) is 0 Å². The molecule has 0 bridgehead atoms. The van der Waals surface area contributed by atoms with Crippen LogP contribution in [0.2, 0.25) is 0 Å². The minimum Gasteiger partial charge on any atom is -0.508 e. The number of aliphatic hydroxyl groups excluding tert-OH is 1. The fourth-order valence-electron chi connectivity index (χ4n) is 3.87. The third-order valence-corrected chi connectivity index (χ3v) is 5.38. The number of aromatic hydroxyl groups is 1. The Morgan fingerprint density at radius 3 is 2.74 bits per heavy atom. The van der Waals surface area contributed by atoms with Crippen LogP contribution in [0.1, 0.15) is 39.2 Å². The van der Waals surface area contributed by atoms with Crippen molar-refractivity contribution in [3.05, 3.63) is 23.8 Å². The monoisotopic (exact) mass is 262 g/mol. The highest BCUT2D eigenvalue weighted by atomic mass is 16.5. The molecule has 3 atom stereocenters. The Hall–Kier alpha value is -1.22. The van der Waals surface area contributed by atoms with E-state index in [1.54, 1.807) is 12.1 Å². The van der Waals surface area contributed by atoms with Crippen molar-refractivity contribution in [2.75, 3.05) is 0 Å². The van der Waals surface area contributed by atoms with Crippen LogP contribution in [-0.2, 0) is 6.42 Å². The van der Waals surface area contributed by atoms with E-state index in [4.69, 9.17) is 4.74 Å². The maximum atomic E-state index is 10.4. The van der Waals surface area contributed by atoms with Crippen molar-refractivity contribution in [3.8, 4) is 11.5 Å². The third kappa shape index (κ3) is 1.61. The molecule has 1 heterocycles. The lowest BCUT2D eigenvalue weighted by Crippen LogP contribution is -2.61. The van der Waals surface area contributed by atoms with E-state index in [0.29, 0.717) is 5.92 Å². The second kappa shape index (κ2) is 3.89. The van der Waals surface area contributed by atoms with Gasteiger partial charge in [-0.25, -0.2) is 0 Å². The number of hydrogen-bond donors (Lipinski definition) is 2. The number of rotatable bonds is 0. The number of aliphatic hydroxyl groups is 1. The van der Waals surface area contributed by atoms with Gasteiger partial charge in [0.2, 0.25) is 0 Å². The van der Waals surface area contributed by atoms with Crippen LogP contribution in [0.25, 0.3) is 0 Å². The predicted molar refractivity (Wildman–Crippen MR) is 73.4 cm³/mol. The number of hydrogen-bond acceptors (Lipinski definition) is 3. The fourth-order valence-corrected chi connectivity index (χ4v) is 3.87. The van der Waals surface area contributed by atoms with Crippen LogP contribution >= 0.6 is 0 Å². The molecule has 104 valence electrons. The summed E-state index contributed by atoms with van der Waals surface area (Å²) in [6.07, 6.45) is 2.24. The molecular formula is C16H22O3. The fraction of sp³-hybridized carbons (Fsp3) is 0.625. The van der Waals surface area contributed by atoms with Gasteiger partial charge in [-0.2, -0.15) is 0 Å². The van der Waals surface area contributed by atoms with Crippen LogP contribution < -0.4 is 4.74 Å². The quantitative estimate of drug-likeness (QED) is 0.756. The second-order valence-electron chi connectivity index (χ2n) is 6.68. The summed E-state index contributed by atoms with van der Waals surface area (Å²) >= 11 is 0. The Kier molecular flexibility index (Phi) is 2.62. The molecule has 3 heteroatoms. The van der Waals surface area contributed by atoms with Crippen molar-refractivity contribution in [2.45, 2.75) is 51.7 Å². The Bertz CT molecular complexity index is 509. The Labute approximate surface area is 114 Å². The van der Waals surface area contributed by atoms with Crippen molar-refractivity contribution < 1.29 is 14.9 Å². The topological polar surface area (TPSA) is 49.7 Å². The van der Waals surface area contributed by atoms with Gasteiger partial charge in [-0.3, -0.25) is 0 Å². The smallest absolute Gasteiger partial charge is 0.123 e. The molecule has 3 nitrogen and oxygen atoms in total. The SMILES string of the molecule is C[C@H]1CC[C@@H](O)C(C)(C)[C@@]12Cc1cc(O)ccc1O2. The summed E-state index contributed by atoms with van der Waals surface area (Å²) in [6, 6.07) is 5.28. The van der Waals surface area contributed by atoms with E-state index in [2.05, 4.69) is 20.8 Å². The summed E-state index contributed by atoms with van der Waals surface area (Å²) < 4.78 is 6.32. The van der Waals surface area contributed by atoms with E-state index in [0.717, 1.165) is 30.6 Å². The van der Waals surface area contributed by atoms with Gasteiger partial charge in [-0.05, 0) is 37.0 Å². The molecule has 3 rings (SSSR count).